The van der Waals surface area contributed by atoms with Crippen LogP contribution in [-0.4, -0.2) is 26.8 Å². The third-order valence-electron chi connectivity index (χ3n) is 4.56. The number of tetrazole rings is 1. The fourth-order valence-corrected chi connectivity index (χ4v) is 3.70. The van der Waals surface area contributed by atoms with E-state index in [0.29, 0.717) is 24.7 Å². The fourth-order valence-electron chi connectivity index (χ4n) is 2.96. The van der Waals surface area contributed by atoms with Gasteiger partial charge in [-0.3, -0.25) is 0 Å². The molecule has 0 fully saturated rings. The number of rotatable bonds is 8. The molecular weight excluding hydrogens is 546 g/mol. The topological polar surface area (TPSA) is 64.9 Å². The highest BCUT2D eigenvalue weighted by Crippen LogP contribution is 2.35. The maximum Gasteiger partial charge on any atom is 0.283 e. The monoisotopic (exact) mass is 565 g/mol. The van der Waals surface area contributed by atoms with Gasteiger partial charge < -0.3 is 10.1 Å². The van der Waals surface area contributed by atoms with Gasteiger partial charge in [-0.2, -0.15) is 13.6 Å². The Labute approximate surface area is 199 Å². The van der Waals surface area contributed by atoms with Crippen molar-refractivity contribution in [2.45, 2.75) is 12.2 Å². The number of halogens is 3. The number of hydrogen-bond donors (Lipinski definition) is 1. The van der Waals surface area contributed by atoms with Crippen LogP contribution >= 0.6 is 31.8 Å². The van der Waals surface area contributed by atoms with Gasteiger partial charge >= 0.3 is 0 Å². The molecule has 164 valence electrons. The van der Waals surface area contributed by atoms with E-state index >= 15 is 0 Å². The second-order valence-corrected chi connectivity index (χ2v) is 8.75. The minimum absolute atomic E-state index is 0.0710. The van der Waals surface area contributed by atoms with Gasteiger partial charge in [-0.15, -0.1) is 10.2 Å². The summed E-state index contributed by atoms with van der Waals surface area (Å²) < 4.78 is 33.6. The van der Waals surface area contributed by atoms with Gasteiger partial charge in [0.1, 0.15) is 12.4 Å². The first-order valence-electron chi connectivity index (χ1n) is 9.69. The molecule has 10 heteroatoms. The van der Waals surface area contributed by atoms with E-state index in [9.17, 15) is 8.78 Å². The molecule has 1 atom stereocenters. The lowest BCUT2D eigenvalue weighted by molar-refractivity contribution is 0.104. The Bertz CT molecular complexity index is 1200. The van der Waals surface area contributed by atoms with Crippen molar-refractivity contribution in [1.82, 2.24) is 20.2 Å². The second kappa shape index (κ2) is 9.87. The molecule has 0 amide bonds. The molecule has 6 nitrogen and oxygen atoms in total. The lowest BCUT2D eigenvalue weighted by Crippen LogP contribution is -2.11. The van der Waals surface area contributed by atoms with Crippen LogP contribution in [-0.2, 0) is 12.2 Å². The van der Waals surface area contributed by atoms with Crippen molar-refractivity contribution in [2.24, 2.45) is 0 Å². The number of alkyl halides is 2. The molecule has 0 radical (unpaired) electrons. The zero-order valence-electron chi connectivity index (χ0n) is 16.8. The van der Waals surface area contributed by atoms with Gasteiger partial charge in [0.15, 0.2) is 0 Å². The molecule has 32 heavy (non-hydrogen) atoms. The van der Waals surface area contributed by atoms with Gasteiger partial charge in [-0.05, 0) is 64.2 Å². The Balaban J connectivity index is 1.45. The molecular formula is C22H19F2IN5OP. The first-order chi connectivity index (χ1) is 15.4. The van der Waals surface area contributed by atoms with Crippen molar-refractivity contribution in [3.05, 3.63) is 81.9 Å². The van der Waals surface area contributed by atoms with E-state index in [1.165, 1.54) is 16.9 Å². The number of para-hydroxylation sites is 2. The molecule has 4 rings (SSSR count). The quantitative estimate of drug-likeness (QED) is 0.220. The molecule has 0 aliphatic heterocycles. The van der Waals surface area contributed by atoms with Crippen molar-refractivity contribution in [3.8, 4) is 17.1 Å². The summed E-state index contributed by atoms with van der Waals surface area (Å²) in [5.74, 6) is 1.27. The summed E-state index contributed by atoms with van der Waals surface area (Å²) in [5.41, 5.74) is -0.862. The van der Waals surface area contributed by atoms with E-state index in [0.717, 1.165) is 20.6 Å². The van der Waals surface area contributed by atoms with Crippen LogP contribution in [0.3, 0.4) is 0 Å². The van der Waals surface area contributed by atoms with Crippen LogP contribution in [0.4, 0.5) is 20.2 Å². The van der Waals surface area contributed by atoms with E-state index in [1.807, 2.05) is 48.5 Å². The van der Waals surface area contributed by atoms with Gasteiger partial charge in [0.25, 0.3) is 5.66 Å². The van der Waals surface area contributed by atoms with E-state index in [-0.39, 0.29) is 5.56 Å². The highest BCUT2D eigenvalue weighted by molar-refractivity contribution is 14.1. The third-order valence-corrected chi connectivity index (χ3v) is 5.78. The normalized spacial score (nSPS) is 11.4. The molecule has 1 heterocycles. The average molecular weight is 565 g/mol. The summed E-state index contributed by atoms with van der Waals surface area (Å²) in [6.45, 7) is 0.848. The molecule has 0 saturated heterocycles. The lowest BCUT2D eigenvalue weighted by atomic mass is 10.1. The van der Waals surface area contributed by atoms with Gasteiger partial charge in [-0.25, -0.2) is 0 Å². The SMILES string of the molecule is FC(F)(P)c1ccc(Nc2ccccc2-c2nnn(CCOc3ccccc3I)n2)cc1. The standard InChI is InChI=1S/C22H19F2IN5OP/c23-22(24,32)15-9-11-16(12-10-15)26-19-7-3-1-5-17(19)21-27-29-30(28-21)13-14-31-20-8-4-2-6-18(20)25/h1-12,26H,13-14,32H2. The van der Waals surface area contributed by atoms with Crippen LogP contribution in [0.2, 0.25) is 0 Å². The average Bonchev–Trinajstić information content (AvgIpc) is 3.24. The van der Waals surface area contributed by atoms with Crippen LogP contribution in [0.15, 0.2) is 72.8 Å². The predicted octanol–water partition coefficient (Wildman–Crippen LogP) is 5.69. The van der Waals surface area contributed by atoms with Gasteiger partial charge in [0.05, 0.1) is 10.1 Å². The van der Waals surface area contributed by atoms with Crippen LogP contribution in [0, 0.1) is 3.57 Å². The summed E-state index contributed by atoms with van der Waals surface area (Å²) in [4.78, 5) is 1.48. The second-order valence-electron chi connectivity index (χ2n) is 6.86. The fraction of sp³-hybridized carbons (Fsp3) is 0.136. The lowest BCUT2D eigenvalue weighted by Gasteiger charge is -2.13. The molecule has 4 aromatic rings. The Kier molecular flexibility index (Phi) is 6.95. The van der Waals surface area contributed by atoms with Crippen LogP contribution in [0.25, 0.3) is 11.4 Å². The van der Waals surface area contributed by atoms with E-state index < -0.39 is 5.66 Å². The summed E-state index contributed by atoms with van der Waals surface area (Å²) in [6, 6.07) is 21.3. The van der Waals surface area contributed by atoms with Gasteiger partial charge in [-0.1, -0.05) is 45.6 Å². The summed E-state index contributed by atoms with van der Waals surface area (Å²) in [7, 11) is 1.54. The van der Waals surface area contributed by atoms with Crippen molar-refractivity contribution >= 4 is 43.2 Å². The smallest absolute Gasteiger partial charge is 0.283 e. The van der Waals surface area contributed by atoms with Crippen LogP contribution < -0.4 is 10.1 Å². The Morgan fingerprint density at radius 2 is 1.72 bits per heavy atom. The third kappa shape index (κ3) is 5.58. The van der Waals surface area contributed by atoms with E-state index in [1.54, 1.807) is 21.4 Å². The minimum Gasteiger partial charge on any atom is -0.490 e. The number of nitrogens with one attached hydrogen (secondary N) is 1. The Morgan fingerprint density at radius 1 is 1.00 bits per heavy atom. The molecule has 0 spiro atoms. The molecule has 1 aromatic heterocycles. The van der Waals surface area contributed by atoms with Gasteiger partial charge in [0, 0.05) is 22.5 Å². The number of aromatic nitrogens is 4. The molecule has 0 bridgehead atoms. The summed E-state index contributed by atoms with van der Waals surface area (Å²) >= 11 is 2.22. The van der Waals surface area contributed by atoms with Gasteiger partial charge in [0.2, 0.25) is 5.82 Å². The highest BCUT2D eigenvalue weighted by Gasteiger charge is 2.23. The molecule has 1 N–H and O–H groups in total. The largest absolute Gasteiger partial charge is 0.490 e. The van der Waals surface area contributed by atoms with E-state index in [2.05, 4.69) is 43.3 Å². The number of hydrogen-bond acceptors (Lipinski definition) is 5. The maximum atomic E-state index is 13.4. The molecule has 0 saturated carbocycles. The van der Waals surface area contributed by atoms with Crippen molar-refractivity contribution < 1.29 is 13.5 Å². The van der Waals surface area contributed by atoms with Crippen molar-refractivity contribution in [3.63, 3.8) is 0 Å². The van der Waals surface area contributed by atoms with Crippen molar-refractivity contribution in [2.75, 3.05) is 11.9 Å². The molecule has 0 aliphatic carbocycles. The van der Waals surface area contributed by atoms with E-state index in [4.69, 9.17) is 4.74 Å². The van der Waals surface area contributed by atoms with Crippen LogP contribution in [0.5, 0.6) is 5.75 Å². The summed E-state index contributed by atoms with van der Waals surface area (Å²) in [6.07, 6.45) is 0. The Morgan fingerprint density at radius 3 is 2.47 bits per heavy atom. The zero-order valence-corrected chi connectivity index (χ0v) is 20.1. The molecule has 0 aliphatic rings. The molecule has 1 unspecified atom stereocenters. The highest BCUT2D eigenvalue weighted by atomic mass is 127. The maximum absolute atomic E-state index is 13.4. The Hall–Kier alpha value is -2.65. The number of ether oxygens (including phenoxy) is 1. The minimum atomic E-state index is -2.96. The first kappa shape index (κ1) is 22.5. The number of benzene rings is 3. The summed E-state index contributed by atoms with van der Waals surface area (Å²) in [5, 5.41) is 16.0. The number of anilines is 2. The zero-order chi connectivity index (χ0) is 22.6. The van der Waals surface area contributed by atoms with Crippen LogP contribution in [0.1, 0.15) is 5.56 Å². The number of nitrogens with zero attached hydrogens (tertiary/aromatic N) is 4. The van der Waals surface area contributed by atoms with Crippen molar-refractivity contribution in [1.29, 1.82) is 0 Å². The molecule has 3 aromatic carbocycles. The predicted molar refractivity (Wildman–Crippen MR) is 131 cm³/mol. The first-order valence-corrected chi connectivity index (χ1v) is 11.3.